The maximum Gasteiger partial charge on any atom is 0.254 e. The van der Waals surface area contributed by atoms with E-state index in [-0.39, 0.29) is 5.91 Å². The van der Waals surface area contributed by atoms with Crippen LogP contribution in [0, 0.1) is 0 Å². The smallest absolute Gasteiger partial charge is 0.254 e. The predicted molar refractivity (Wildman–Crippen MR) is 68.4 cm³/mol. The number of hydrogen-bond donors (Lipinski definition) is 1. The Hall–Kier alpha value is -1.88. The second-order valence-corrected chi connectivity index (χ2v) is 4.17. The van der Waals surface area contributed by atoms with Crippen LogP contribution in [0.4, 0.5) is 0 Å². The van der Waals surface area contributed by atoms with Gasteiger partial charge in [0.05, 0.1) is 16.9 Å². The van der Waals surface area contributed by atoms with E-state index in [2.05, 4.69) is 15.3 Å². The van der Waals surface area contributed by atoms with E-state index in [1.54, 1.807) is 24.8 Å². The fraction of sp³-hybridized carbons (Fsp3) is 0.250. The van der Waals surface area contributed by atoms with Crippen molar-refractivity contribution in [3.05, 3.63) is 47.8 Å². The number of amides is 1. The average molecular weight is 265 g/mol. The van der Waals surface area contributed by atoms with Crippen molar-refractivity contribution in [1.29, 1.82) is 0 Å². The third-order valence-corrected chi connectivity index (χ3v) is 2.78. The summed E-state index contributed by atoms with van der Waals surface area (Å²) in [5, 5.41) is 3.22. The second-order valence-electron chi connectivity index (χ2n) is 3.77. The van der Waals surface area contributed by atoms with Gasteiger partial charge >= 0.3 is 0 Å². The zero-order valence-corrected chi connectivity index (χ0v) is 10.5. The molecule has 1 N–H and O–H groups in total. The third kappa shape index (κ3) is 3.30. The van der Waals surface area contributed by atoms with E-state index in [1.807, 2.05) is 10.8 Å². The number of aromatic nitrogens is 3. The first-order valence-corrected chi connectivity index (χ1v) is 5.98. The molecule has 2 aromatic rings. The Morgan fingerprint density at radius 3 is 3.00 bits per heavy atom. The van der Waals surface area contributed by atoms with Crippen LogP contribution in [-0.4, -0.2) is 27.0 Å². The maximum absolute atomic E-state index is 11.8. The molecule has 0 radical (unpaired) electrons. The lowest BCUT2D eigenvalue weighted by atomic mass is 10.2. The van der Waals surface area contributed by atoms with Gasteiger partial charge in [-0.2, -0.15) is 0 Å². The summed E-state index contributed by atoms with van der Waals surface area (Å²) in [5.41, 5.74) is 0.404. The van der Waals surface area contributed by atoms with E-state index in [0.29, 0.717) is 17.1 Å². The van der Waals surface area contributed by atoms with E-state index in [9.17, 15) is 4.79 Å². The van der Waals surface area contributed by atoms with Crippen LogP contribution in [0.5, 0.6) is 0 Å². The number of pyridine rings is 1. The minimum absolute atomic E-state index is 0.196. The number of imidazole rings is 1. The number of aryl methyl sites for hydroxylation is 1. The molecule has 0 fully saturated rings. The van der Waals surface area contributed by atoms with Crippen LogP contribution in [-0.2, 0) is 6.54 Å². The standard InChI is InChI=1S/C12H13ClN4O/c13-11-2-4-14-8-10(11)12(18)16-3-1-6-17-7-5-15-9-17/h2,4-5,7-9H,1,3,6H2,(H,16,18). The summed E-state index contributed by atoms with van der Waals surface area (Å²) in [7, 11) is 0. The monoisotopic (exact) mass is 264 g/mol. The zero-order valence-electron chi connectivity index (χ0n) is 9.71. The molecule has 6 heteroatoms. The highest BCUT2D eigenvalue weighted by Crippen LogP contribution is 2.12. The lowest BCUT2D eigenvalue weighted by Crippen LogP contribution is -2.25. The molecule has 5 nitrogen and oxygen atoms in total. The van der Waals surface area contributed by atoms with Crippen molar-refractivity contribution in [1.82, 2.24) is 19.9 Å². The number of carbonyl (C=O) groups excluding carboxylic acids is 1. The second kappa shape index (κ2) is 6.16. The molecule has 0 aliphatic carbocycles. The Labute approximate surface area is 110 Å². The van der Waals surface area contributed by atoms with Gasteiger partial charge in [0.1, 0.15) is 0 Å². The fourth-order valence-corrected chi connectivity index (χ4v) is 1.71. The molecule has 2 rings (SSSR count). The Bertz CT molecular complexity index is 513. The summed E-state index contributed by atoms with van der Waals surface area (Å²) < 4.78 is 1.96. The van der Waals surface area contributed by atoms with Crippen LogP contribution in [0.1, 0.15) is 16.8 Å². The van der Waals surface area contributed by atoms with Gasteiger partial charge in [0.2, 0.25) is 0 Å². The van der Waals surface area contributed by atoms with E-state index in [4.69, 9.17) is 11.6 Å². The van der Waals surface area contributed by atoms with Crippen LogP contribution in [0.2, 0.25) is 5.02 Å². The fourth-order valence-electron chi connectivity index (χ4n) is 1.52. The van der Waals surface area contributed by atoms with Gasteiger partial charge in [0.15, 0.2) is 0 Å². The molecule has 0 spiro atoms. The lowest BCUT2D eigenvalue weighted by molar-refractivity contribution is 0.0952. The van der Waals surface area contributed by atoms with Crippen molar-refractivity contribution >= 4 is 17.5 Å². The van der Waals surface area contributed by atoms with Crippen molar-refractivity contribution in [2.75, 3.05) is 6.54 Å². The molecule has 0 atom stereocenters. The SMILES string of the molecule is O=C(NCCCn1ccnc1)c1cnccc1Cl. The highest BCUT2D eigenvalue weighted by Gasteiger charge is 2.08. The molecular weight excluding hydrogens is 252 g/mol. The summed E-state index contributed by atoms with van der Waals surface area (Å²) in [4.78, 5) is 19.6. The van der Waals surface area contributed by atoms with Gasteiger partial charge in [0, 0.05) is 37.9 Å². The summed E-state index contributed by atoms with van der Waals surface area (Å²) in [6, 6.07) is 1.60. The van der Waals surface area contributed by atoms with Gasteiger partial charge in [0.25, 0.3) is 5.91 Å². The number of hydrogen-bond acceptors (Lipinski definition) is 3. The number of rotatable bonds is 5. The first kappa shape index (κ1) is 12.6. The quantitative estimate of drug-likeness (QED) is 0.837. The van der Waals surface area contributed by atoms with Gasteiger partial charge in [-0.1, -0.05) is 11.6 Å². The normalized spacial score (nSPS) is 10.3. The van der Waals surface area contributed by atoms with E-state index >= 15 is 0 Å². The molecule has 18 heavy (non-hydrogen) atoms. The van der Waals surface area contributed by atoms with Gasteiger partial charge < -0.3 is 9.88 Å². The number of halogens is 1. The summed E-state index contributed by atoms with van der Waals surface area (Å²) in [5.74, 6) is -0.196. The van der Waals surface area contributed by atoms with Crippen LogP contribution in [0.3, 0.4) is 0 Å². The molecule has 0 aromatic carbocycles. The Kier molecular flexibility index (Phi) is 4.30. The zero-order chi connectivity index (χ0) is 12.8. The van der Waals surface area contributed by atoms with E-state index in [1.165, 1.54) is 6.20 Å². The molecule has 0 aliphatic rings. The van der Waals surface area contributed by atoms with Gasteiger partial charge in [-0.25, -0.2) is 4.98 Å². The van der Waals surface area contributed by atoms with Crippen LogP contribution >= 0.6 is 11.6 Å². The number of carbonyl (C=O) groups is 1. The highest BCUT2D eigenvalue weighted by atomic mass is 35.5. The first-order valence-electron chi connectivity index (χ1n) is 5.61. The molecule has 0 bridgehead atoms. The first-order chi connectivity index (χ1) is 8.77. The van der Waals surface area contributed by atoms with Gasteiger partial charge in [-0.05, 0) is 12.5 Å². The summed E-state index contributed by atoms with van der Waals surface area (Å²) >= 11 is 5.90. The van der Waals surface area contributed by atoms with Crippen molar-refractivity contribution in [3.63, 3.8) is 0 Å². The molecule has 2 aromatic heterocycles. The topological polar surface area (TPSA) is 59.8 Å². The highest BCUT2D eigenvalue weighted by molar-refractivity contribution is 6.33. The van der Waals surface area contributed by atoms with Gasteiger partial charge in [-0.3, -0.25) is 9.78 Å². The van der Waals surface area contributed by atoms with E-state index in [0.717, 1.165) is 13.0 Å². The molecule has 1 amide bonds. The molecule has 94 valence electrons. The molecule has 0 saturated heterocycles. The van der Waals surface area contributed by atoms with Crippen molar-refractivity contribution in [3.8, 4) is 0 Å². The predicted octanol–water partition coefficient (Wildman–Crippen LogP) is 1.75. The molecule has 0 unspecified atom stereocenters. The number of nitrogens with zero attached hydrogens (tertiary/aromatic N) is 3. The Morgan fingerprint density at radius 2 is 2.28 bits per heavy atom. The summed E-state index contributed by atoms with van der Waals surface area (Å²) in [6.45, 7) is 1.41. The van der Waals surface area contributed by atoms with Crippen molar-refractivity contribution in [2.24, 2.45) is 0 Å². The average Bonchev–Trinajstić information content (AvgIpc) is 2.88. The summed E-state index contributed by atoms with van der Waals surface area (Å²) in [6.07, 6.45) is 9.22. The minimum Gasteiger partial charge on any atom is -0.352 e. The number of nitrogens with one attached hydrogen (secondary N) is 1. The van der Waals surface area contributed by atoms with Gasteiger partial charge in [-0.15, -0.1) is 0 Å². The van der Waals surface area contributed by atoms with Crippen molar-refractivity contribution < 1.29 is 4.79 Å². The van der Waals surface area contributed by atoms with Crippen molar-refractivity contribution in [2.45, 2.75) is 13.0 Å². The van der Waals surface area contributed by atoms with Crippen LogP contribution < -0.4 is 5.32 Å². The molecule has 0 aliphatic heterocycles. The lowest BCUT2D eigenvalue weighted by Gasteiger charge is -2.06. The maximum atomic E-state index is 11.8. The Balaban J connectivity index is 1.77. The molecular formula is C12H13ClN4O. The minimum atomic E-state index is -0.196. The Morgan fingerprint density at radius 1 is 1.39 bits per heavy atom. The third-order valence-electron chi connectivity index (χ3n) is 2.45. The largest absolute Gasteiger partial charge is 0.352 e. The molecule has 0 saturated carbocycles. The molecule has 2 heterocycles. The van der Waals surface area contributed by atoms with Crippen LogP contribution in [0.15, 0.2) is 37.2 Å². The van der Waals surface area contributed by atoms with E-state index < -0.39 is 0 Å². The van der Waals surface area contributed by atoms with Crippen LogP contribution in [0.25, 0.3) is 0 Å².